The molecule has 4 nitrogen and oxygen atoms in total. The van der Waals surface area contributed by atoms with Crippen molar-refractivity contribution in [1.82, 2.24) is 9.36 Å². The third kappa shape index (κ3) is 1.62. The molecule has 0 spiro atoms. The molecule has 0 aliphatic rings. The van der Waals surface area contributed by atoms with E-state index in [0.29, 0.717) is 0 Å². The number of aryl methyl sites for hydroxylation is 1. The first-order valence-electron chi connectivity index (χ1n) is 5.03. The van der Waals surface area contributed by atoms with Crippen LogP contribution < -0.4 is 10.3 Å². The molecule has 0 bridgehead atoms. The Bertz CT molecular complexity index is 567. The van der Waals surface area contributed by atoms with Gasteiger partial charge >= 0.3 is 0 Å². The molecule has 2 aromatic rings. The van der Waals surface area contributed by atoms with Gasteiger partial charge in [0.2, 0.25) is 0 Å². The molecule has 0 unspecified atom stereocenters. The van der Waals surface area contributed by atoms with E-state index in [4.69, 9.17) is 4.74 Å². The van der Waals surface area contributed by atoms with Gasteiger partial charge in [-0.1, -0.05) is 6.07 Å². The minimum absolute atomic E-state index is 0.0340. The van der Waals surface area contributed by atoms with E-state index >= 15 is 0 Å². The fourth-order valence-corrected chi connectivity index (χ4v) is 1.68. The summed E-state index contributed by atoms with van der Waals surface area (Å²) >= 11 is 0. The maximum absolute atomic E-state index is 11.8. The van der Waals surface area contributed by atoms with Gasteiger partial charge in [0, 0.05) is 24.9 Å². The van der Waals surface area contributed by atoms with E-state index in [-0.39, 0.29) is 5.56 Å². The molecule has 0 amide bonds. The number of nitrogens with zero attached hydrogens (tertiary/aromatic N) is 2. The first-order valence-corrected chi connectivity index (χ1v) is 5.03. The number of methoxy groups -OCH3 is 1. The van der Waals surface area contributed by atoms with Crippen LogP contribution in [0.2, 0.25) is 0 Å². The van der Waals surface area contributed by atoms with E-state index in [0.717, 1.165) is 17.1 Å². The molecule has 0 atom stereocenters. The van der Waals surface area contributed by atoms with Gasteiger partial charge in [-0.2, -0.15) is 0 Å². The molecule has 2 rings (SSSR count). The number of benzene rings is 1. The summed E-state index contributed by atoms with van der Waals surface area (Å²) in [6, 6.07) is 9.04. The summed E-state index contributed by atoms with van der Waals surface area (Å²) in [6.45, 7) is 1.90. The van der Waals surface area contributed by atoms with Crippen molar-refractivity contribution in [1.29, 1.82) is 0 Å². The fraction of sp³-hybridized carbons (Fsp3) is 0.250. The molecule has 0 radical (unpaired) electrons. The van der Waals surface area contributed by atoms with E-state index in [1.807, 2.05) is 42.9 Å². The average molecular weight is 218 g/mol. The van der Waals surface area contributed by atoms with Gasteiger partial charge in [0.25, 0.3) is 5.56 Å². The molecule has 84 valence electrons. The van der Waals surface area contributed by atoms with Crippen LogP contribution in [-0.2, 0) is 7.05 Å². The summed E-state index contributed by atoms with van der Waals surface area (Å²) in [5.74, 6) is 0.739. The molecule has 4 heteroatoms. The Kier molecular flexibility index (Phi) is 2.56. The molecule has 1 heterocycles. The van der Waals surface area contributed by atoms with Gasteiger partial charge in [0.1, 0.15) is 5.75 Å². The monoisotopic (exact) mass is 218 g/mol. The zero-order chi connectivity index (χ0) is 11.7. The van der Waals surface area contributed by atoms with Crippen LogP contribution in [0.4, 0.5) is 0 Å². The topological polar surface area (TPSA) is 36.2 Å². The third-order valence-electron chi connectivity index (χ3n) is 2.65. The van der Waals surface area contributed by atoms with Gasteiger partial charge in [0.15, 0.2) is 0 Å². The second-order valence-electron chi connectivity index (χ2n) is 3.66. The van der Waals surface area contributed by atoms with Crippen molar-refractivity contribution in [3.05, 3.63) is 46.4 Å². The summed E-state index contributed by atoms with van der Waals surface area (Å²) in [5.41, 5.74) is 1.70. The maximum atomic E-state index is 11.8. The summed E-state index contributed by atoms with van der Waals surface area (Å²) < 4.78 is 8.56. The van der Waals surface area contributed by atoms with Crippen molar-refractivity contribution in [2.75, 3.05) is 7.11 Å². The molecule has 0 fully saturated rings. The van der Waals surface area contributed by atoms with Gasteiger partial charge in [-0.15, -0.1) is 0 Å². The highest BCUT2D eigenvalue weighted by atomic mass is 16.5. The lowest BCUT2D eigenvalue weighted by Gasteiger charge is -2.09. The predicted octanol–water partition coefficient (Wildman–Crippen LogP) is 1.49. The maximum Gasteiger partial charge on any atom is 0.271 e. The SMILES string of the molecule is COc1cccc(-n2c(=O)cc(C)n2C)c1. The highest BCUT2D eigenvalue weighted by Crippen LogP contribution is 2.15. The van der Waals surface area contributed by atoms with Crippen molar-refractivity contribution in [3.63, 3.8) is 0 Å². The molecule has 0 aliphatic heterocycles. The zero-order valence-corrected chi connectivity index (χ0v) is 9.60. The number of rotatable bonds is 2. The first-order chi connectivity index (χ1) is 7.63. The Hall–Kier alpha value is -1.97. The minimum Gasteiger partial charge on any atom is -0.497 e. The highest BCUT2D eigenvalue weighted by Gasteiger charge is 2.07. The van der Waals surface area contributed by atoms with Crippen LogP contribution in [0.15, 0.2) is 35.1 Å². The van der Waals surface area contributed by atoms with Crippen LogP contribution in [0.1, 0.15) is 5.69 Å². The van der Waals surface area contributed by atoms with E-state index in [9.17, 15) is 4.79 Å². The number of hydrogen-bond acceptors (Lipinski definition) is 2. The quantitative estimate of drug-likeness (QED) is 0.765. The summed E-state index contributed by atoms with van der Waals surface area (Å²) in [5, 5.41) is 0. The van der Waals surface area contributed by atoms with Crippen LogP contribution in [0.3, 0.4) is 0 Å². The highest BCUT2D eigenvalue weighted by molar-refractivity contribution is 5.38. The van der Waals surface area contributed by atoms with E-state index < -0.39 is 0 Å². The van der Waals surface area contributed by atoms with Crippen LogP contribution in [0.25, 0.3) is 5.69 Å². The number of aromatic nitrogens is 2. The van der Waals surface area contributed by atoms with Crippen molar-refractivity contribution >= 4 is 0 Å². The number of hydrogen-bond donors (Lipinski definition) is 0. The Morgan fingerprint density at radius 3 is 2.56 bits per heavy atom. The smallest absolute Gasteiger partial charge is 0.271 e. The fourth-order valence-electron chi connectivity index (χ4n) is 1.68. The first kappa shape index (κ1) is 10.5. The average Bonchev–Trinajstić information content (AvgIpc) is 2.53. The molecule has 0 saturated carbocycles. The predicted molar refractivity (Wildman–Crippen MR) is 62.3 cm³/mol. The van der Waals surface area contributed by atoms with Crippen LogP contribution in [0.5, 0.6) is 5.75 Å². The molecule has 0 saturated heterocycles. The van der Waals surface area contributed by atoms with E-state index in [1.54, 1.807) is 17.9 Å². The lowest BCUT2D eigenvalue weighted by Crippen LogP contribution is -2.19. The standard InChI is InChI=1S/C12H14N2O2/c1-9-7-12(15)14(13(9)2)10-5-4-6-11(8-10)16-3/h4-8H,1-3H3. The Balaban J connectivity index is 2.62. The van der Waals surface area contributed by atoms with Crippen molar-refractivity contribution < 1.29 is 4.74 Å². The molecule has 0 N–H and O–H groups in total. The second-order valence-corrected chi connectivity index (χ2v) is 3.66. The summed E-state index contributed by atoms with van der Waals surface area (Å²) in [4.78, 5) is 11.8. The van der Waals surface area contributed by atoms with Gasteiger partial charge in [0.05, 0.1) is 12.8 Å². The second kappa shape index (κ2) is 3.89. The molecule has 1 aromatic carbocycles. The van der Waals surface area contributed by atoms with Crippen molar-refractivity contribution in [2.24, 2.45) is 7.05 Å². The van der Waals surface area contributed by atoms with Crippen LogP contribution >= 0.6 is 0 Å². The Morgan fingerprint density at radius 2 is 2.00 bits per heavy atom. The normalized spacial score (nSPS) is 10.4. The van der Waals surface area contributed by atoms with Gasteiger partial charge in [-0.3, -0.25) is 9.48 Å². The zero-order valence-electron chi connectivity index (χ0n) is 9.60. The number of ether oxygens (including phenoxy) is 1. The lowest BCUT2D eigenvalue weighted by atomic mass is 10.3. The largest absolute Gasteiger partial charge is 0.497 e. The van der Waals surface area contributed by atoms with Crippen LogP contribution in [-0.4, -0.2) is 16.5 Å². The summed E-state index contributed by atoms with van der Waals surface area (Å²) in [6.07, 6.45) is 0. The van der Waals surface area contributed by atoms with Gasteiger partial charge in [-0.05, 0) is 19.1 Å². The molecular weight excluding hydrogens is 204 g/mol. The molecule has 1 aromatic heterocycles. The Morgan fingerprint density at radius 1 is 1.25 bits per heavy atom. The van der Waals surface area contributed by atoms with Gasteiger partial charge < -0.3 is 4.74 Å². The third-order valence-corrected chi connectivity index (χ3v) is 2.65. The van der Waals surface area contributed by atoms with Crippen LogP contribution in [0, 0.1) is 6.92 Å². The molecular formula is C12H14N2O2. The molecule has 0 aliphatic carbocycles. The van der Waals surface area contributed by atoms with Crippen molar-refractivity contribution in [3.8, 4) is 11.4 Å². The van der Waals surface area contributed by atoms with Crippen molar-refractivity contribution in [2.45, 2.75) is 6.92 Å². The van der Waals surface area contributed by atoms with E-state index in [1.165, 1.54) is 0 Å². The summed E-state index contributed by atoms with van der Waals surface area (Å²) in [7, 11) is 3.47. The Labute approximate surface area is 93.7 Å². The van der Waals surface area contributed by atoms with E-state index in [2.05, 4.69) is 0 Å². The lowest BCUT2D eigenvalue weighted by molar-refractivity contribution is 0.414. The van der Waals surface area contributed by atoms with Gasteiger partial charge in [-0.25, -0.2) is 4.68 Å². The molecule has 16 heavy (non-hydrogen) atoms. The minimum atomic E-state index is -0.0340.